The first-order valence-corrected chi connectivity index (χ1v) is 9.14. The zero-order valence-electron chi connectivity index (χ0n) is 14.9. The Morgan fingerprint density at radius 3 is 2.40 bits per heavy atom. The van der Waals surface area contributed by atoms with E-state index in [4.69, 9.17) is 0 Å². The van der Waals surface area contributed by atoms with E-state index in [2.05, 4.69) is 17.4 Å². The van der Waals surface area contributed by atoms with Gasteiger partial charge in [-0.1, -0.05) is 38.3 Å². The number of hydrogen-bond acceptors (Lipinski definition) is 3. The minimum absolute atomic E-state index is 0.133. The lowest BCUT2D eigenvalue weighted by atomic mass is 9.84. The number of nitrogens with zero attached hydrogens (tertiary/aromatic N) is 1. The fourth-order valence-electron chi connectivity index (χ4n) is 3.93. The average molecular weight is 342 g/mol. The molecule has 1 aliphatic heterocycles. The van der Waals surface area contributed by atoms with Crippen LogP contribution in [0.15, 0.2) is 35.6 Å². The summed E-state index contributed by atoms with van der Waals surface area (Å²) in [6, 6.07) is 7.44. The summed E-state index contributed by atoms with van der Waals surface area (Å²) in [7, 11) is 1.60. The number of carbonyl (C=O) groups excluding carboxylic acids is 2. The van der Waals surface area contributed by atoms with Crippen LogP contribution in [0, 0.1) is 0 Å². The first-order valence-electron chi connectivity index (χ1n) is 9.14. The van der Waals surface area contributed by atoms with Crippen LogP contribution in [0.3, 0.4) is 0 Å². The molecule has 25 heavy (non-hydrogen) atoms. The number of nitrogens with one attached hydrogen (secondary N) is 1. The Bertz CT molecular complexity index is 687. The summed E-state index contributed by atoms with van der Waals surface area (Å²) in [5.41, 5.74) is 1.80. The van der Waals surface area contributed by atoms with E-state index >= 15 is 0 Å². The predicted molar refractivity (Wildman–Crippen MR) is 97.4 cm³/mol. The maximum atomic E-state index is 12.5. The van der Waals surface area contributed by atoms with Crippen molar-refractivity contribution in [1.29, 1.82) is 0 Å². The van der Waals surface area contributed by atoms with Gasteiger partial charge in [0.05, 0.1) is 6.04 Å². The number of amides is 2. The van der Waals surface area contributed by atoms with Crippen molar-refractivity contribution in [3.8, 4) is 0 Å². The largest absolute Gasteiger partial charge is 0.509 e. The maximum absolute atomic E-state index is 12.5. The molecule has 1 unspecified atom stereocenters. The van der Waals surface area contributed by atoms with E-state index in [0.717, 1.165) is 0 Å². The second kappa shape index (κ2) is 7.30. The molecule has 134 valence electrons. The number of aliphatic hydroxyl groups is 1. The fourth-order valence-corrected chi connectivity index (χ4v) is 3.93. The van der Waals surface area contributed by atoms with E-state index in [1.165, 1.54) is 42.6 Å². The molecule has 2 amide bonds. The summed E-state index contributed by atoms with van der Waals surface area (Å²) >= 11 is 0. The molecular weight excluding hydrogens is 316 g/mol. The molecule has 1 fully saturated rings. The normalized spacial score (nSPS) is 21.8. The summed E-state index contributed by atoms with van der Waals surface area (Å²) in [5.74, 6) is -0.497. The Morgan fingerprint density at radius 1 is 1.20 bits per heavy atom. The topological polar surface area (TPSA) is 69.6 Å². The highest BCUT2D eigenvalue weighted by molar-refractivity contribution is 6.24. The summed E-state index contributed by atoms with van der Waals surface area (Å²) in [4.78, 5) is 26.1. The van der Waals surface area contributed by atoms with E-state index in [1.54, 1.807) is 7.05 Å². The van der Waals surface area contributed by atoms with Crippen molar-refractivity contribution in [2.75, 3.05) is 12.4 Å². The second-order valence-corrected chi connectivity index (χ2v) is 7.01. The number of aliphatic hydroxyl groups excluding tert-OH is 1. The third-order valence-corrected chi connectivity index (χ3v) is 5.43. The highest BCUT2D eigenvalue weighted by atomic mass is 16.3. The van der Waals surface area contributed by atoms with Crippen molar-refractivity contribution in [2.45, 2.75) is 57.4 Å². The Morgan fingerprint density at radius 2 is 1.84 bits per heavy atom. The molecule has 2 aliphatic rings. The second-order valence-electron chi connectivity index (χ2n) is 7.01. The molecule has 0 bridgehead atoms. The van der Waals surface area contributed by atoms with Crippen LogP contribution in [0.5, 0.6) is 0 Å². The molecule has 0 spiro atoms. The van der Waals surface area contributed by atoms with E-state index in [1.807, 2.05) is 19.1 Å². The van der Waals surface area contributed by atoms with Gasteiger partial charge in [-0.15, -0.1) is 0 Å². The van der Waals surface area contributed by atoms with Crippen LogP contribution in [-0.2, 0) is 9.59 Å². The van der Waals surface area contributed by atoms with Crippen molar-refractivity contribution in [1.82, 2.24) is 4.90 Å². The van der Waals surface area contributed by atoms with Gasteiger partial charge in [0.25, 0.3) is 11.8 Å². The van der Waals surface area contributed by atoms with E-state index in [9.17, 15) is 14.7 Å². The van der Waals surface area contributed by atoms with E-state index in [0.29, 0.717) is 18.0 Å². The molecule has 0 saturated heterocycles. The SMILES string of the molecule is CCC1C(O)=C(C(=O)Nc2ccc(C3CCCCC3)cc2)C(=O)N1C. The summed E-state index contributed by atoms with van der Waals surface area (Å²) in [6.07, 6.45) is 6.92. The lowest BCUT2D eigenvalue weighted by molar-refractivity contribution is -0.127. The zero-order valence-corrected chi connectivity index (χ0v) is 14.9. The van der Waals surface area contributed by atoms with Crippen molar-refractivity contribution >= 4 is 17.5 Å². The van der Waals surface area contributed by atoms with Gasteiger partial charge in [-0.05, 0) is 42.9 Å². The van der Waals surface area contributed by atoms with Gasteiger partial charge in [0, 0.05) is 12.7 Å². The molecule has 3 rings (SSSR count). The zero-order chi connectivity index (χ0) is 18.0. The van der Waals surface area contributed by atoms with Crippen LogP contribution in [0.4, 0.5) is 5.69 Å². The number of likely N-dealkylation sites (N-methyl/N-ethyl adjacent to an activating group) is 1. The van der Waals surface area contributed by atoms with Crippen LogP contribution in [-0.4, -0.2) is 34.9 Å². The van der Waals surface area contributed by atoms with Crippen LogP contribution in [0.2, 0.25) is 0 Å². The molecule has 1 heterocycles. The molecule has 1 aromatic rings. The van der Waals surface area contributed by atoms with Gasteiger partial charge >= 0.3 is 0 Å². The molecule has 1 aromatic carbocycles. The summed E-state index contributed by atoms with van der Waals surface area (Å²) in [5, 5.41) is 12.9. The number of rotatable bonds is 4. The summed E-state index contributed by atoms with van der Waals surface area (Å²) in [6.45, 7) is 1.87. The molecular formula is C20H26N2O3. The van der Waals surface area contributed by atoms with Gasteiger partial charge in [0.2, 0.25) is 0 Å². The van der Waals surface area contributed by atoms with E-state index < -0.39 is 17.9 Å². The van der Waals surface area contributed by atoms with Gasteiger partial charge in [0.15, 0.2) is 0 Å². The van der Waals surface area contributed by atoms with Crippen LogP contribution in [0.25, 0.3) is 0 Å². The van der Waals surface area contributed by atoms with Crippen molar-refractivity contribution in [3.63, 3.8) is 0 Å². The number of anilines is 1. The monoisotopic (exact) mass is 342 g/mol. The lowest BCUT2D eigenvalue weighted by Gasteiger charge is -2.22. The molecule has 0 radical (unpaired) electrons. The van der Waals surface area contributed by atoms with Crippen molar-refractivity contribution in [3.05, 3.63) is 41.2 Å². The van der Waals surface area contributed by atoms with Gasteiger partial charge in [0.1, 0.15) is 11.3 Å². The van der Waals surface area contributed by atoms with Crippen molar-refractivity contribution < 1.29 is 14.7 Å². The summed E-state index contributed by atoms with van der Waals surface area (Å²) < 4.78 is 0. The number of benzene rings is 1. The van der Waals surface area contributed by atoms with Gasteiger partial charge in [-0.25, -0.2) is 0 Å². The van der Waals surface area contributed by atoms with E-state index in [-0.39, 0.29) is 11.3 Å². The number of carbonyl (C=O) groups is 2. The Balaban J connectivity index is 1.71. The standard InChI is InChI=1S/C20H26N2O3/c1-3-16-18(23)17(20(25)22(16)2)19(24)21-15-11-9-14(10-12-15)13-7-5-4-6-8-13/h9-13,16,23H,3-8H2,1-2H3,(H,21,24). The van der Waals surface area contributed by atoms with Crippen molar-refractivity contribution in [2.24, 2.45) is 0 Å². The van der Waals surface area contributed by atoms with Crippen LogP contribution < -0.4 is 5.32 Å². The molecule has 0 aromatic heterocycles. The fraction of sp³-hybridized carbons (Fsp3) is 0.500. The highest BCUT2D eigenvalue weighted by Crippen LogP contribution is 2.33. The van der Waals surface area contributed by atoms with Crippen LogP contribution in [0.1, 0.15) is 56.9 Å². The minimum atomic E-state index is -0.546. The number of hydrogen-bond donors (Lipinski definition) is 2. The van der Waals surface area contributed by atoms with Gasteiger partial charge in [-0.3, -0.25) is 9.59 Å². The minimum Gasteiger partial charge on any atom is -0.509 e. The Kier molecular flexibility index (Phi) is 5.11. The maximum Gasteiger partial charge on any atom is 0.264 e. The first-order chi connectivity index (χ1) is 12.0. The third-order valence-electron chi connectivity index (χ3n) is 5.43. The Hall–Kier alpha value is -2.30. The van der Waals surface area contributed by atoms with Gasteiger partial charge < -0.3 is 15.3 Å². The molecule has 1 aliphatic carbocycles. The first kappa shape index (κ1) is 17.5. The smallest absolute Gasteiger partial charge is 0.264 e. The molecule has 2 N–H and O–H groups in total. The quantitative estimate of drug-likeness (QED) is 0.819. The average Bonchev–Trinajstić information content (AvgIpc) is 2.85. The van der Waals surface area contributed by atoms with Gasteiger partial charge in [-0.2, -0.15) is 0 Å². The molecule has 1 atom stereocenters. The highest BCUT2D eigenvalue weighted by Gasteiger charge is 2.39. The lowest BCUT2D eigenvalue weighted by Crippen LogP contribution is -2.32. The third kappa shape index (κ3) is 3.41. The predicted octanol–water partition coefficient (Wildman–Crippen LogP) is 3.74. The molecule has 1 saturated carbocycles. The van der Waals surface area contributed by atoms with Crippen LogP contribution >= 0.6 is 0 Å². The molecule has 5 heteroatoms. The molecule has 5 nitrogen and oxygen atoms in total. The Labute approximate surface area is 148 Å².